The first-order valence-corrected chi connectivity index (χ1v) is 9.27. The molecule has 0 atom stereocenters. The number of benzene rings is 1. The van der Waals surface area contributed by atoms with Gasteiger partial charge in [-0.2, -0.15) is 0 Å². The van der Waals surface area contributed by atoms with E-state index in [1.165, 1.54) is 0 Å². The van der Waals surface area contributed by atoms with Gasteiger partial charge in [-0.3, -0.25) is 0 Å². The summed E-state index contributed by atoms with van der Waals surface area (Å²) in [5, 5.41) is 3.34. The number of rotatable bonds is 8. The Morgan fingerprint density at radius 2 is 1.81 bits per heavy atom. The zero-order chi connectivity index (χ0) is 15.3. The average molecular weight is 310 g/mol. The molecule has 1 aliphatic carbocycles. The van der Waals surface area contributed by atoms with Crippen LogP contribution in [-0.2, 0) is 16.4 Å². The molecule has 0 aromatic heterocycles. The van der Waals surface area contributed by atoms with Gasteiger partial charge in [0.25, 0.3) is 0 Å². The van der Waals surface area contributed by atoms with Crippen molar-refractivity contribution in [2.24, 2.45) is 0 Å². The summed E-state index contributed by atoms with van der Waals surface area (Å²) in [6.45, 7) is 6.06. The number of sulfonamides is 1. The van der Waals surface area contributed by atoms with E-state index in [4.69, 9.17) is 0 Å². The Bertz CT molecular complexity index is 548. The Labute approximate surface area is 128 Å². The van der Waals surface area contributed by atoms with Gasteiger partial charge < -0.3 is 5.32 Å². The van der Waals surface area contributed by atoms with E-state index in [2.05, 4.69) is 17.0 Å². The fourth-order valence-electron chi connectivity index (χ4n) is 2.56. The molecule has 1 aliphatic rings. The van der Waals surface area contributed by atoms with E-state index in [1.54, 1.807) is 12.1 Å². The molecule has 1 aromatic rings. The summed E-state index contributed by atoms with van der Waals surface area (Å²) >= 11 is 0. The van der Waals surface area contributed by atoms with Crippen LogP contribution in [-0.4, -0.2) is 27.0 Å². The van der Waals surface area contributed by atoms with Gasteiger partial charge in [-0.05, 0) is 69.8 Å². The number of hydrogen-bond acceptors (Lipinski definition) is 3. The normalized spacial score (nSPS) is 17.4. The largest absolute Gasteiger partial charge is 0.316 e. The zero-order valence-corrected chi connectivity index (χ0v) is 13.8. The summed E-state index contributed by atoms with van der Waals surface area (Å²) in [6.07, 6.45) is 5.00. The third-order valence-corrected chi connectivity index (χ3v) is 5.74. The van der Waals surface area contributed by atoms with E-state index in [1.807, 2.05) is 19.1 Å². The van der Waals surface area contributed by atoms with Gasteiger partial charge in [-0.1, -0.05) is 19.1 Å². The van der Waals surface area contributed by atoms with Gasteiger partial charge in [0, 0.05) is 5.54 Å². The van der Waals surface area contributed by atoms with Crippen LogP contribution in [0.25, 0.3) is 0 Å². The average Bonchev–Trinajstić information content (AvgIpc) is 2.42. The highest BCUT2D eigenvalue weighted by molar-refractivity contribution is 7.89. The maximum atomic E-state index is 12.3. The number of hydrogen-bond donors (Lipinski definition) is 2. The van der Waals surface area contributed by atoms with Crippen molar-refractivity contribution in [1.29, 1.82) is 0 Å². The maximum Gasteiger partial charge on any atom is 0.241 e. The summed E-state index contributed by atoms with van der Waals surface area (Å²) in [5.74, 6) is 0. The first kappa shape index (κ1) is 16.5. The smallest absolute Gasteiger partial charge is 0.241 e. The van der Waals surface area contributed by atoms with Gasteiger partial charge in [0.15, 0.2) is 0 Å². The molecule has 2 N–H and O–H groups in total. The summed E-state index contributed by atoms with van der Waals surface area (Å²) in [6, 6.07) is 7.23. The summed E-state index contributed by atoms with van der Waals surface area (Å²) in [7, 11) is -3.39. The van der Waals surface area contributed by atoms with Crippen LogP contribution in [0.15, 0.2) is 29.2 Å². The van der Waals surface area contributed by atoms with E-state index >= 15 is 0 Å². The van der Waals surface area contributed by atoms with Gasteiger partial charge in [-0.25, -0.2) is 13.1 Å². The van der Waals surface area contributed by atoms with Crippen LogP contribution in [0.4, 0.5) is 0 Å². The standard InChI is InChI=1S/C16H26N2O2S/c1-3-12-17-13-9-14-5-7-15(8-6-14)21(19,20)18-16(2)10-4-11-16/h5-8,17-18H,3-4,9-13H2,1-2H3. The number of nitrogens with one attached hydrogen (secondary N) is 2. The van der Waals surface area contributed by atoms with Gasteiger partial charge in [0.2, 0.25) is 10.0 Å². The third kappa shape index (κ3) is 4.53. The Kier molecular flexibility index (Phi) is 5.41. The summed E-state index contributed by atoms with van der Waals surface area (Å²) in [5.41, 5.74) is 0.911. The topological polar surface area (TPSA) is 58.2 Å². The molecule has 0 bridgehead atoms. The predicted molar refractivity (Wildman–Crippen MR) is 85.9 cm³/mol. The Balaban J connectivity index is 1.94. The molecule has 5 heteroatoms. The van der Waals surface area contributed by atoms with Crippen LogP contribution in [0.1, 0.15) is 45.1 Å². The molecule has 1 fully saturated rings. The quantitative estimate of drug-likeness (QED) is 0.725. The van der Waals surface area contributed by atoms with Crippen LogP contribution >= 0.6 is 0 Å². The van der Waals surface area contributed by atoms with E-state index in [9.17, 15) is 8.42 Å². The maximum absolute atomic E-state index is 12.3. The van der Waals surface area contributed by atoms with Crippen molar-refractivity contribution in [2.45, 2.75) is 56.4 Å². The predicted octanol–water partition coefficient (Wildman–Crippen LogP) is 2.45. The SMILES string of the molecule is CCCNCCc1ccc(S(=O)(=O)NC2(C)CCC2)cc1. The fourth-order valence-corrected chi connectivity index (χ4v) is 4.03. The molecule has 0 saturated heterocycles. The third-order valence-electron chi connectivity index (χ3n) is 4.09. The Hall–Kier alpha value is -0.910. The molecule has 0 unspecified atom stereocenters. The second-order valence-corrected chi connectivity index (χ2v) is 7.85. The molecule has 2 rings (SSSR count). The van der Waals surface area contributed by atoms with Crippen molar-refractivity contribution in [3.05, 3.63) is 29.8 Å². The summed E-state index contributed by atoms with van der Waals surface area (Å²) < 4.78 is 27.5. The lowest BCUT2D eigenvalue weighted by atomic mass is 9.80. The van der Waals surface area contributed by atoms with Gasteiger partial charge in [0.1, 0.15) is 0 Å². The molecule has 0 amide bonds. The molecular weight excluding hydrogens is 284 g/mol. The molecular formula is C16H26N2O2S. The monoisotopic (exact) mass is 310 g/mol. The Morgan fingerprint density at radius 3 is 2.33 bits per heavy atom. The van der Waals surface area contributed by atoms with Crippen molar-refractivity contribution in [3.63, 3.8) is 0 Å². The van der Waals surface area contributed by atoms with E-state index in [0.29, 0.717) is 4.90 Å². The van der Waals surface area contributed by atoms with Crippen molar-refractivity contribution in [3.8, 4) is 0 Å². The molecule has 0 radical (unpaired) electrons. The highest BCUT2D eigenvalue weighted by Crippen LogP contribution is 2.32. The molecule has 0 spiro atoms. The molecule has 118 valence electrons. The van der Waals surface area contributed by atoms with Gasteiger partial charge in [-0.15, -0.1) is 0 Å². The minimum absolute atomic E-state index is 0.248. The van der Waals surface area contributed by atoms with E-state index < -0.39 is 10.0 Å². The molecule has 1 saturated carbocycles. The van der Waals surface area contributed by atoms with Crippen LogP contribution in [0, 0.1) is 0 Å². The minimum atomic E-state index is -3.39. The summed E-state index contributed by atoms with van der Waals surface area (Å²) in [4.78, 5) is 0.362. The van der Waals surface area contributed by atoms with E-state index in [-0.39, 0.29) is 5.54 Å². The van der Waals surface area contributed by atoms with Crippen molar-refractivity contribution >= 4 is 10.0 Å². The lowest BCUT2D eigenvalue weighted by Crippen LogP contribution is -2.50. The molecule has 21 heavy (non-hydrogen) atoms. The molecule has 1 aromatic carbocycles. The van der Waals surface area contributed by atoms with Crippen LogP contribution in [0.2, 0.25) is 0 Å². The van der Waals surface area contributed by atoms with Gasteiger partial charge >= 0.3 is 0 Å². The lowest BCUT2D eigenvalue weighted by Gasteiger charge is -2.38. The van der Waals surface area contributed by atoms with Gasteiger partial charge in [0.05, 0.1) is 4.90 Å². The minimum Gasteiger partial charge on any atom is -0.316 e. The molecule has 4 nitrogen and oxygen atoms in total. The van der Waals surface area contributed by atoms with Crippen molar-refractivity contribution in [2.75, 3.05) is 13.1 Å². The van der Waals surface area contributed by atoms with Crippen molar-refractivity contribution < 1.29 is 8.42 Å². The Morgan fingerprint density at radius 1 is 1.14 bits per heavy atom. The first-order chi connectivity index (χ1) is 9.95. The highest BCUT2D eigenvalue weighted by Gasteiger charge is 2.36. The first-order valence-electron chi connectivity index (χ1n) is 7.79. The van der Waals surface area contributed by atoms with Crippen molar-refractivity contribution in [1.82, 2.24) is 10.0 Å². The fraction of sp³-hybridized carbons (Fsp3) is 0.625. The highest BCUT2D eigenvalue weighted by atomic mass is 32.2. The molecule has 0 aliphatic heterocycles. The zero-order valence-electron chi connectivity index (χ0n) is 13.0. The second kappa shape index (κ2) is 6.90. The van der Waals surface area contributed by atoms with Crippen LogP contribution in [0.5, 0.6) is 0 Å². The van der Waals surface area contributed by atoms with Crippen LogP contribution < -0.4 is 10.0 Å². The van der Waals surface area contributed by atoms with Crippen LogP contribution in [0.3, 0.4) is 0 Å². The van der Waals surface area contributed by atoms with E-state index in [0.717, 1.165) is 50.8 Å². The molecule has 0 heterocycles. The lowest BCUT2D eigenvalue weighted by molar-refractivity contribution is 0.248. The second-order valence-electron chi connectivity index (χ2n) is 6.16.